The molecular formula is C16H16N4O. The Labute approximate surface area is 121 Å². The van der Waals surface area contributed by atoms with Crippen LogP contribution in [0.1, 0.15) is 5.56 Å². The lowest BCUT2D eigenvalue weighted by Crippen LogP contribution is -2.30. The number of nitrogens with one attached hydrogen (secondary N) is 1. The molecule has 5 nitrogen and oxygen atoms in total. The number of hydrogen-bond donors (Lipinski definition) is 1. The molecule has 2 aromatic heterocycles. The van der Waals surface area contributed by atoms with Crippen molar-refractivity contribution in [2.45, 2.75) is 13.0 Å². The van der Waals surface area contributed by atoms with E-state index in [0.29, 0.717) is 12.1 Å². The summed E-state index contributed by atoms with van der Waals surface area (Å²) in [5, 5.41) is 0. The van der Waals surface area contributed by atoms with Crippen LogP contribution in [0.5, 0.6) is 0 Å². The monoisotopic (exact) mass is 280 g/mol. The van der Waals surface area contributed by atoms with Crippen LogP contribution in [-0.2, 0) is 13.0 Å². The highest BCUT2D eigenvalue weighted by molar-refractivity contribution is 5.73. The van der Waals surface area contributed by atoms with E-state index >= 15 is 0 Å². The molecule has 3 heterocycles. The summed E-state index contributed by atoms with van der Waals surface area (Å²) in [6.07, 6.45) is 4.47. The van der Waals surface area contributed by atoms with Crippen molar-refractivity contribution in [2.24, 2.45) is 0 Å². The molecule has 0 saturated heterocycles. The fourth-order valence-corrected chi connectivity index (χ4v) is 2.99. The van der Waals surface area contributed by atoms with E-state index in [0.717, 1.165) is 25.0 Å². The molecule has 0 fully saturated rings. The van der Waals surface area contributed by atoms with Crippen LogP contribution >= 0.6 is 0 Å². The number of nitrogens with zero attached hydrogens (tertiary/aromatic N) is 3. The third-order valence-electron chi connectivity index (χ3n) is 4.13. The van der Waals surface area contributed by atoms with Gasteiger partial charge in [0.2, 0.25) is 0 Å². The number of fused-ring (bicyclic) bond motifs is 2. The minimum Gasteiger partial charge on any atom is -0.369 e. The molecule has 0 saturated carbocycles. The maximum atomic E-state index is 12.3. The van der Waals surface area contributed by atoms with E-state index in [1.807, 2.05) is 6.07 Å². The largest absolute Gasteiger partial charge is 0.369 e. The summed E-state index contributed by atoms with van der Waals surface area (Å²) >= 11 is 0. The molecule has 0 spiro atoms. The van der Waals surface area contributed by atoms with Crippen molar-refractivity contribution >= 4 is 16.7 Å². The number of rotatable bonds is 3. The number of aromatic amines is 1. The Morgan fingerprint density at radius 1 is 1.19 bits per heavy atom. The number of benzene rings is 1. The molecule has 0 unspecified atom stereocenters. The molecule has 1 aliphatic rings. The van der Waals surface area contributed by atoms with Crippen LogP contribution < -0.4 is 10.5 Å². The van der Waals surface area contributed by atoms with Crippen molar-refractivity contribution in [3.8, 4) is 0 Å². The van der Waals surface area contributed by atoms with Crippen LogP contribution in [0.25, 0.3) is 11.0 Å². The van der Waals surface area contributed by atoms with Gasteiger partial charge in [-0.2, -0.15) is 0 Å². The molecule has 3 aromatic rings. The Morgan fingerprint density at radius 2 is 2.10 bits per heavy atom. The molecule has 1 aromatic carbocycles. The second-order valence-corrected chi connectivity index (χ2v) is 5.35. The molecule has 0 radical (unpaired) electrons. The summed E-state index contributed by atoms with van der Waals surface area (Å²) in [7, 11) is 0. The van der Waals surface area contributed by atoms with E-state index in [-0.39, 0.29) is 5.56 Å². The third kappa shape index (κ3) is 2.01. The van der Waals surface area contributed by atoms with E-state index in [1.165, 1.54) is 11.3 Å². The van der Waals surface area contributed by atoms with E-state index in [4.69, 9.17) is 0 Å². The van der Waals surface area contributed by atoms with E-state index in [1.54, 1.807) is 17.1 Å². The maximum absolute atomic E-state index is 12.3. The van der Waals surface area contributed by atoms with Gasteiger partial charge in [-0.25, -0.2) is 4.98 Å². The predicted molar refractivity (Wildman–Crippen MR) is 82.7 cm³/mol. The van der Waals surface area contributed by atoms with Gasteiger partial charge < -0.3 is 9.88 Å². The number of hydrogen-bond acceptors (Lipinski definition) is 3. The maximum Gasteiger partial charge on any atom is 0.277 e. The Hall–Kier alpha value is -2.56. The summed E-state index contributed by atoms with van der Waals surface area (Å²) in [5.41, 5.74) is 3.99. The standard InChI is InChI=1S/C16H16N4O/c21-16-15-13(5-7-17-15)18-11-20(16)10-9-19-8-6-12-3-1-2-4-14(12)19/h1-5,7,11,17H,6,8-10H2. The van der Waals surface area contributed by atoms with Crippen LogP contribution in [0.4, 0.5) is 5.69 Å². The molecular weight excluding hydrogens is 264 g/mol. The summed E-state index contributed by atoms with van der Waals surface area (Å²) in [6.45, 7) is 2.49. The summed E-state index contributed by atoms with van der Waals surface area (Å²) in [6, 6.07) is 10.3. The molecule has 0 atom stereocenters. The first-order valence-electron chi connectivity index (χ1n) is 7.18. The number of anilines is 1. The van der Waals surface area contributed by atoms with E-state index in [2.05, 4.69) is 39.1 Å². The smallest absolute Gasteiger partial charge is 0.277 e. The topological polar surface area (TPSA) is 53.9 Å². The van der Waals surface area contributed by atoms with Gasteiger partial charge in [-0.1, -0.05) is 18.2 Å². The molecule has 0 aliphatic carbocycles. The third-order valence-corrected chi connectivity index (χ3v) is 4.13. The van der Waals surface area contributed by atoms with E-state index < -0.39 is 0 Å². The minimum absolute atomic E-state index is 0.00233. The SMILES string of the molecule is O=c1c2[nH]ccc2ncn1CCN1CCc2ccccc21. The van der Waals surface area contributed by atoms with Gasteiger partial charge in [0.1, 0.15) is 5.52 Å². The Morgan fingerprint density at radius 3 is 3.05 bits per heavy atom. The fraction of sp³-hybridized carbons (Fsp3) is 0.250. The molecule has 0 bridgehead atoms. The normalized spacial score (nSPS) is 13.8. The zero-order chi connectivity index (χ0) is 14.2. The van der Waals surface area contributed by atoms with Crippen LogP contribution in [0.3, 0.4) is 0 Å². The molecule has 106 valence electrons. The highest BCUT2D eigenvalue weighted by atomic mass is 16.1. The predicted octanol–water partition coefficient (Wildman–Crippen LogP) is 1.79. The molecule has 1 N–H and O–H groups in total. The van der Waals surface area contributed by atoms with Crippen molar-refractivity contribution in [3.05, 3.63) is 58.8 Å². The van der Waals surface area contributed by atoms with Gasteiger partial charge in [0.05, 0.1) is 11.8 Å². The molecule has 4 rings (SSSR count). The quantitative estimate of drug-likeness (QED) is 0.796. The fourth-order valence-electron chi connectivity index (χ4n) is 2.99. The zero-order valence-corrected chi connectivity index (χ0v) is 11.6. The van der Waals surface area contributed by atoms with Crippen molar-refractivity contribution < 1.29 is 0 Å². The van der Waals surface area contributed by atoms with Crippen LogP contribution in [0, 0.1) is 0 Å². The first-order valence-corrected chi connectivity index (χ1v) is 7.18. The Kier molecular flexibility index (Phi) is 2.77. The van der Waals surface area contributed by atoms with Crippen LogP contribution in [0.15, 0.2) is 47.7 Å². The summed E-state index contributed by atoms with van der Waals surface area (Å²) < 4.78 is 1.68. The van der Waals surface area contributed by atoms with Crippen molar-refractivity contribution in [3.63, 3.8) is 0 Å². The number of H-pyrrole nitrogens is 1. The lowest BCUT2D eigenvalue weighted by Gasteiger charge is -2.19. The highest BCUT2D eigenvalue weighted by Crippen LogP contribution is 2.26. The lowest BCUT2D eigenvalue weighted by molar-refractivity contribution is 0.641. The summed E-state index contributed by atoms with van der Waals surface area (Å²) in [4.78, 5) is 21.9. The zero-order valence-electron chi connectivity index (χ0n) is 11.6. The Balaban J connectivity index is 1.57. The average molecular weight is 280 g/mol. The first-order chi connectivity index (χ1) is 10.3. The molecule has 0 amide bonds. The van der Waals surface area contributed by atoms with Gasteiger partial charge in [-0.3, -0.25) is 9.36 Å². The van der Waals surface area contributed by atoms with Gasteiger partial charge in [0.15, 0.2) is 0 Å². The van der Waals surface area contributed by atoms with Crippen molar-refractivity contribution in [2.75, 3.05) is 18.0 Å². The molecule has 21 heavy (non-hydrogen) atoms. The lowest BCUT2D eigenvalue weighted by atomic mass is 10.2. The van der Waals surface area contributed by atoms with Crippen molar-refractivity contribution in [1.29, 1.82) is 0 Å². The van der Waals surface area contributed by atoms with Gasteiger partial charge in [-0.05, 0) is 24.1 Å². The summed E-state index contributed by atoms with van der Waals surface area (Å²) in [5.74, 6) is 0. The second kappa shape index (κ2) is 4.77. The number of para-hydroxylation sites is 1. The molecule has 1 aliphatic heterocycles. The van der Waals surface area contributed by atoms with Gasteiger partial charge >= 0.3 is 0 Å². The van der Waals surface area contributed by atoms with Crippen molar-refractivity contribution in [1.82, 2.24) is 14.5 Å². The van der Waals surface area contributed by atoms with Crippen LogP contribution in [-0.4, -0.2) is 27.6 Å². The Bertz CT molecular complexity index is 849. The minimum atomic E-state index is -0.00233. The van der Waals surface area contributed by atoms with Gasteiger partial charge in [0, 0.05) is 31.5 Å². The molecule has 5 heteroatoms. The van der Waals surface area contributed by atoms with Gasteiger partial charge in [-0.15, -0.1) is 0 Å². The number of aromatic nitrogens is 3. The van der Waals surface area contributed by atoms with Gasteiger partial charge in [0.25, 0.3) is 5.56 Å². The average Bonchev–Trinajstić information content (AvgIpc) is 3.13. The second-order valence-electron chi connectivity index (χ2n) is 5.35. The van der Waals surface area contributed by atoms with E-state index in [9.17, 15) is 4.79 Å². The first kappa shape index (κ1) is 12.2. The van der Waals surface area contributed by atoms with Crippen LogP contribution in [0.2, 0.25) is 0 Å². The highest BCUT2D eigenvalue weighted by Gasteiger charge is 2.18.